The Morgan fingerprint density at radius 2 is 2.04 bits per heavy atom. The van der Waals surface area contributed by atoms with Gasteiger partial charge in [0.15, 0.2) is 0 Å². The van der Waals surface area contributed by atoms with Gasteiger partial charge in [0.1, 0.15) is 7.11 Å². The molecule has 0 bridgehead atoms. The number of carbonyl (C=O) groups excluding carboxylic acids is 1. The number of alkyl halides is 3. The van der Waals surface area contributed by atoms with Gasteiger partial charge in [0, 0.05) is 16.7 Å². The number of halogens is 3. The first-order valence-electron chi connectivity index (χ1n) is 6.17. The highest BCUT2D eigenvalue weighted by atomic mass is 19.4. The highest BCUT2D eigenvalue weighted by Gasteiger charge is 2.38. The summed E-state index contributed by atoms with van der Waals surface area (Å²) in [7, 11) is 1.31. The van der Waals surface area contributed by atoms with Gasteiger partial charge >= 0.3 is 12.1 Å². The van der Waals surface area contributed by atoms with E-state index in [0.29, 0.717) is 5.71 Å². The number of carbonyl (C=O) groups is 1. The second-order valence-corrected chi connectivity index (χ2v) is 4.40. The van der Waals surface area contributed by atoms with Gasteiger partial charge in [0.2, 0.25) is 11.7 Å². The number of aromatic nitrogens is 2. The van der Waals surface area contributed by atoms with Crippen molar-refractivity contribution in [3.05, 3.63) is 35.2 Å². The molecule has 23 heavy (non-hydrogen) atoms. The van der Waals surface area contributed by atoms with Crippen molar-refractivity contribution < 1.29 is 27.3 Å². The van der Waals surface area contributed by atoms with Crippen LogP contribution in [0.15, 0.2) is 27.9 Å². The zero-order valence-electron chi connectivity index (χ0n) is 12.0. The molecule has 0 atom stereocenters. The fourth-order valence-electron chi connectivity index (χ4n) is 1.84. The van der Waals surface area contributed by atoms with Crippen molar-refractivity contribution in [2.75, 3.05) is 7.11 Å². The third kappa shape index (κ3) is 3.47. The number of benzene rings is 1. The molecule has 2 aromatic rings. The number of oxime groups is 1. The van der Waals surface area contributed by atoms with Crippen molar-refractivity contribution in [2.24, 2.45) is 10.9 Å². The molecule has 0 unspecified atom stereocenters. The van der Waals surface area contributed by atoms with Gasteiger partial charge in [-0.2, -0.15) is 18.2 Å². The molecular formula is C13H11F3N4O3. The lowest BCUT2D eigenvalue weighted by molar-refractivity contribution is -0.159. The van der Waals surface area contributed by atoms with Crippen molar-refractivity contribution in [3.63, 3.8) is 0 Å². The zero-order chi connectivity index (χ0) is 17.2. The van der Waals surface area contributed by atoms with Gasteiger partial charge in [0.05, 0.1) is 5.71 Å². The SMILES string of the molecule is CO/N=C(/C)c1cc(-c2noc(C(F)(F)F)n2)ccc1C(N)=O. The Bertz CT molecular complexity index is 768. The number of nitrogens with two attached hydrogens (primary N) is 1. The lowest BCUT2D eigenvalue weighted by Crippen LogP contribution is -2.16. The van der Waals surface area contributed by atoms with E-state index >= 15 is 0 Å². The molecule has 1 heterocycles. The molecular weight excluding hydrogens is 317 g/mol. The van der Waals surface area contributed by atoms with E-state index < -0.39 is 18.0 Å². The third-order valence-electron chi connectivity index (χ3n) is 2.83. The van der Waals surface area contributed by atoms with E-state index in [4.69, 9.17) is 5.73 Å². The Morgan fingerprint density at radius 1 is 1.35 bits per heavy atom. The third-order valence-corrected chi connectivity index (χ3v) is 2.83. The highest BCUT2D eigenvalue weighted by Crippen LogP contribution is 2.30. The van der Waals surface area contributed by atoms with Crippen LogP contribution >= 0.6 is 0 Å². The second-order valence-electron chi connectivity index (χ2n) is 4.40. The molecule has 0 saturated carbocycles. The minimum atomic E-state index is -4.74. The normalized spacial score (nSPS) is 12.3. The first kappa shape index (κ1) is 16.5. The standard InChI is InChI=1S/C13H11F3N4O3/c1-6(19-22-2)9-5-7(3-4-8(9)10(17)21)11-18-12(23-20-11)13(14,15)16/h3-5H,1-2H3,(H2,17,21)/b19-6-. The van der Waals surface area contributed by atoms with E-state index in [1.54, 1.807) is 6.92 Å². The van der Waals surface area contributed by atoms with Crippen LogP contribution in [0.3, 0.4) is 0 Å². The van der Waals surface area contributed by atoms with Gasteiger partial charge in [-0.25, -0.2) is 0 Å². The first-order valence-corrected chi connectivity index (χ1v) is 6.17. The maximum atomic E-state index is 12.5. The quantitative estimate of drug-likeness (QED) is 0.684. The summed E-state index contributed by atoms with van der Waals surface area (Å²) >= 11 is 0. The average Bonchev–Trinajstić information content (AvgIpc) is 2.96. The predicted octanol–water partition coefficient (Wildman–Crippen LogP) is 2.22. The number of nitrogens with zero attached hydrogens (tertiary/aromatic N) is 3. The molecule has 10 heteroatoms. The van der Waals surface area contributed by atoms with Crippen molar-refractivity contribution in [3.8, 4) is 11.4 Å². The van der Waals surface area contributed by atoms with Crippen LogP contribution in [0, 0.1) is 0 Å². The molecule has 1 aromatic heterocycles. The molecule has 1 amide bonds. The van der Waals surface area contributed by atoms with Crippen LogP contribution in [0.5, 0.6) is 0 Å². The lowest BCUT2D eigenvalue weighted by atomic mass is 10.00. The van der Waals surface area contributed by atoms with E-state index in [2.05, 4.69) is 24.7 Å². The maximum absolute atomic E-state index is 12.5. The molecule has 0 aliphatic carbocycles. The smallest absolute Gasteiger partial charge is 0.399 e. The van der Waals surface area contributed by atoms with Crippen molar-refractivity contribution >= 4 is 11.6 Å². The van der Waals surface area contributed by atoms with Crippen molar-refractivity contribution in [1.82, 2.24) is 10.1 Å². The monoisotopic (exact) mass is 328 g/mol. The molecule has 1 aromatic carbocycles. The Labute approximate surface area is 127 Å². The fraction of sp³-hybridized carbons (Fsp3) is 0.231. The van der Waals surface area contributed by atoms with Crippen LogP contribution in [-0.4, -0.2) is 28.9 Å². The maximum Gasteiger partial charge on any atom is 0.471 e. The summed E-state index contributed by atoms with van der Waals surface area (Å²) in [5, 5.41) is 6.96. The highest BCUT2D eigenvalue weighted by molar-refractivity contribution is 6.09. The first-order chi connectivity index (χ1) is 10.7. The number of rotatable bonds is 4. The molecule has 0 aliphatic rings. The Kier molecular flexibility index (Phi) is 4.34. The number of amides is 1. The number of primary amides is 1. The molecule has 0 radical (unpaired) electrons. The summed E-state index contributed by atoms with van der Waals surface area (Å²) in [6, 6.07) is 4.07. The van der Waals surface area contributed by atoms with E-state index in [9.17, 15) is 18.0 Å². The van der Waals surface area contributed by atoms with Gasteiger partial charge in [-0.05, 0) is 19.1 Å². The summed E-state index contributed by atoms with van der Waals surface area (Å²) in [5.74, 6) is -2.46. The molecule has 122 valence electrons. The summed E-state index contributed by atoms with van der Waals surface area (Å²) in [6.45, 7) is 1.55. The lowest BCUT2D eigenvalue weighted by Gasteiger charge is -2.07. The summed E-state index contributed by atoms with van der Waals surface area (Å²) in [5.41, 5.74) is 6.20. The summed E-state index contributed by atoms with van der Waals surface area (Å²) < 4.78 is 41.7. The average molecular weight is 328 g/mol. The van der Waals surface area contributed by atoms with Crippen molar-refractivity contribution in [1.29, 1.82) is 0 Å². The molecule has 2 rings (SSSR count). The van der Waals surface area contributed by atoms with Crippen LogP contribution < -0.4 is 5.73 Å². The van der Waals surface area contributed by atoms with Gasteiger partial charge in [-0.1, -0.05) is 16.4 Å². The van der Waals surface area contributed by atoms with E-state index in [0.717, 1.165) is 0 Å². The van der Waals surface area contributed by atoms with Gasteiger partial charge < -0.3 is 15.1 Å². The predicted molar refractivity (Wildman–Crippen MR) is 72.5 cm³/mol. The molecule has 0 spiro atoms. The molecule has 0 aliphatic heterocycles. The summed E-state index contributed by atoms with van der Waals surface area (Å²) in [4.78, 5) is 19.3. The van der Waals surface area contributed by atoms with E-state index in [1.807, 2.05) is 0 Å². The van der Waals surface area contributed by atoms with Gasteiger partial charge in [-0.15, -0.1) is 0 Å². The molecule has 0 fully saturated rings. The number of hydrogen-bond donors (Lipinski definition) is 1. The van der Waals surface area contributed by atoms with Crippen LogP contribution in [0.25, 0.3) is 11.4 Å². The van der Waals surface area contributed by atoms with Crippen molar-refractivity contribution in [2.45, 2.75) is 13.1 Å². The second kappa shape index (κ2) is 6.07. The zero-order valence-corrected chi connectivity index (χ0v) is 12.0. The topological polar surface area (TPSA) is 104 Å². The molecule has 0 saturated heterocycles. The van der Waals surface area contributed by atoms with Gasteiger partial charge in [-0.3, -0.25) is 4.79 Å². The Balaban J connectivity index is 2.53. The van der Waals surface area contributed by atoms with Crippen LogP contribution in [0.4, 0.5) is 13.2 Å². The molecule has 7 nitrogen and oxygen atoms in total. The van der Waals surface area contributed by atoms with Crippen LogP contribution in [-0.2, 0) is 11.0 Å². The molecule has 2 N–H and O–H groups in total. The largest absolute Gasteiger partial charge is 0.471 e. The minimum absolute atomic E-state index is 0.131. The minimum Gasteiger partial charge on any atom is -0.399 e. The summed E-state index contributed by atoms with van der Waals surface area (Å²) in [6.07, 6.45) is -4.74. The fourth-order valence-corrected chi connectivity index (χ4v) is 1.84. The van der Waals surface area contributed by atoms with E-state index in [-0.39, 0.29) is 22.5 Å². The van der Waals surface area contributed by atoms with Crippen LogP contribution in [0.2, 0.25) is 0 Å². The van der Waals surface area contributed by atoms with Gasteiger partial charge in [0.25, 0.3) is 0 Å². The Hall–Kier alpha value is -2.91. The Morgan fingerprint density at radius 3 is 2.57 bits per heavy atom. The van der Waals surface area contributed by atoms with E-state index in [1.165, 1.54) is 25.3 Å². The van der Waals surface area contributed by atoms with Crippen LogP contribution in [0.1, 0.15) is 28.7 Å². The number of hydrogen-bond acceptors (Lipinski definition) is 6.